The molecule has 138 valence electrons. The van der Waals surface area contributed by atoms with Gasteiger partial charge in [0.2, 0.25) is 0 Å². The highest BCUT2D eigenvalue weighted by Gasteiger charge is 2.18. The van der Waals surface area contributed by atoms with Gasteiger partial charge in [0, 0.05) is 33.8 Å². The molecule has 1 rings (SSSR count). The molecule has 1 aliphatic heterocycles. The van der Waals surface area contributed by atoms with Crippen LogP contribution in [0.3, 0.4) is 0 Å². The van der Waals surface area contributed by atoms with Gasteiger partial charge in [-0.05, 0) is 50.6 Å². The summed E-state index contributed by atoms with van der Waals surface area (Å²) in [5.41, 5.74) is 0. The van der Waals surface area contributed by atoms with Crippen molar-refractivity contribution in [2.75, 3.05) is 53.5 Å². The van der Waals surface area contributed by atoms with Crippen LogP contribution in [-0.4, -0.2) is 64.3 Å². The van der Waals surface area contributed by atoms with E-state index in [-0.39, 0.29) is 24.0 Å². The lowest BCUT2D eigenvalue weighted by molar-refractivity contribution is 0.121. The molecule has 1 aliphatic rings. The van der Waals surface area contributed by atoms with Crippen molar-refractivity contribution in [2.24, 2.45) is 16.8 Å². The Morgan fingerprint density at radius 2 is 1.96 bits per heavy atom. The highest BCUT2D eigenvalue weighted by molar-refractivity contribution is 14.0. The number of piperidine rings is 1. The molecule has 0 spiro atoms. The smallest absolute Gasteiger partial charge is 0.190 e. The Labute approximate surface area is 160 Å². The Bertz CT molecular complexity index is 305. The number of nitrogens with zero attached hydrogens (tertiary/aromatic N) is 2. The van der Waals surface area contributed by atoms with Crippen LogP contribution >= 0.6 is 24.0 Å². The monoisotopic (exact) mass is 440 g/mol. The van der Waals surface area contributed by atoms with E-state index in [4.69, 9.17) is 4.74 Å². The van der Waals surface area contributed by atoms with Crippen molar-refractivity contribution in [3.05, 3.63) is 0 Å². The molecule has 1 heterocycles. The van der Waals surface area contributed by atoms with E-state index >= 15 is 0 Å². The van der Waals surface area contributed by atoms with E-state index in [1.54, 1.807) is 7.11 Å². The number of guanidine groups is 1. The number of ether oxygens (including phenoxy) is 1. The summed E-state index contributed by atoms with van der Waals surface area (Å²) in [6, 6.07) is 0. The molecule has 5 nitrogen and oxygen atoms in total. The highest BCUT2D eigenvalue weighted by Crippen LogP contribution is 2.15. The van der Waals surface area contributed by atoms with Gasteiger partial charge in [-0.25, -0.2) is 0 Å². The first-order chi connectivity index (χ1) is 10.7. The number of nitrogens with one attached hydrogen (secondary N) is 2. The Morgan fingerprint density at radius 3 is 2.52 bits per heavy atom. The van der Waals surface area contributed by atoms with E-state index in [2.05, 4.69) is 34.4 Å². The van der Waals surface area contributed by atoms with Crippen molar-refractivity contribution in [1.29, 1.82) is 0 Å². The van der Waals surface area contributed by atoms with Crippen LogP contribution in [0.1, 0.15) is 39.5 Å². The van der Waals surface area contributed by atoms with Crippen molar-refractivity contribution >= 4 is 29.9 Å². The zero-order valence-corrected chi connectivity index (χ0v) is 17.8. The average Bonchev–Trinajstić information content (AvgIpc) is 2.53. The van der Waals surface area contributed by atoms with E-state index in [1.165, 1.54) is 38.8 Å². The summed E-state index contributed by atoms with van der Waals surface area (Å²) in [6.45, 7) is 10.9. The number of rotatable bonds is 9. The van der Waals surface area contributed by atoms with Gasteiger partial charge in [-0.1, -0.05) is 13.8 Å². The molecule has 2 N–H and O–H groups in total. The minimum Gasteiger partial charge on any atom is -0.383 e. The Morgan fingerprint density at radius 1 is 1.26 bits per heavy atom. The molecule has 6 heteroatoms. The molecule has 0 aromatic rings. The largest absolute Gasteiger partial charge is 0.383 e. The van der Waals surface area contributed by atoms with Crippen molar-refractivity contribution in [2.45, 2.75) is 39.5 Å². The van der Waals surface area contributed by atoms with Crippen LogP contribution in [-0.2, 0) is 4.74 Å². The van der Waals surface area contributed by atoms with Gasteiger partial charge in [-0.3, -0.25) is 4.99 Å². The predicted octanol–water partition coefficient (Wildman–Crippen LogP) is 2.56. The number of methoxy groups -OCH3 is 1. The molecule has 0 aromatic heterocycles. The molecule has 1 fully saturated rings. The number of hydrogen-bond donors (Lipinski definition) is 2. The van der Waals surface area contributed by atoms with Gasteiger partial charge < -0.3 is 20.3 Å². The van der Waals surface area contributed by atoms with Gasteiger partial charge in [-0.15, -0.1) is 24.0 Å². The van der Waals surface area contributed by atoms with Crippen LogP contribution in [0.25, 0.3) is 0 Å². The summed E-state index contributed by atoms with van der Waals surface area (Å²) in [5, 5.41) is 6.89. The number of hydrogen-bond acceptors (Lipinski definition) is 3. The fourth-order valence-electron chi connectivity index (χ4n) is 2.81. The number of likely N-dealkylation sites (tertiary alicyclic amines) is 1. The molecule has 0 atom stereocenters. The van der Waals surface area contributed by atoms with Crippen LogP contribution in [0.4, 0.5) is 0 Å². The molecule has 0 radical (unpaired) electrons. The van der Waals surface area contributed by atoms with Gasteiger partial charge >= 0.3 is 0 Å². The summed E-state index contributed by atoms with van der Waals surface area (Å²) in [6.07, 6.45) is 5.00. The Kier molecular flexibility index (Phi) is 14.2. The highest BCUT2D eigenvalue weighted by atomic mass is 127. The second-order valence-corrected chi connectivity index (χ2v) is 6.69. The van der Waals surface area contributed by atoms with E-state index in [0.717, 1.165) is 44.0 Å². The maximum atomic E-state index is 5.15. The molecule has 23 heavy (non-hydrogen) atoms. The predicted molar refractivity (Wildman–Crippen MR) is 110 cm³/mol. The van der Waals surface area contributed by atoms with Gasteiger partial charge in [0.05, 0.1) is 6.61 Å². The van der Waals surface area contributed by atoms with E-state index in [9.17, 15) is 0 Å². The van der Waals surface area contributed by atoms with Crippen LogP contribution in [0.15, 0.2) is 4.99 Å². The van der Waals surface area contributed by atoms with Crippen LogP contribution < -0.4 is 10.6 Å². The van der Waals surface area contributed by atoms with Crippen LogP contribution in [0.2, 0.25) is 0 Å². The summed E-state index contributed by atoms with van der Waals surface area (Å²) >= 11 is 0. The topological polar surface area (TPSA) is 48.9 Å². The van der Waals surface area contributed by atoms with Crippen LogP contribution in [0.5, 0.6) is 0 Å². The SMILES string of the molecule is CN=C(NCCCC(C)C)NCC1CCN(CCOC)CC1.I. The minimum absolute atomic E-state index is 0. The van der Waals surface area contributed by atoms with Gasteiger partial charge in [-0.2, -0.15) is 0 Å². The summed E-state index contributed by atoms with van der Waals surface area (Å²) < 4.78 is 5.15. The second kappa shape index (κ2) is 14.3. The Hall–Kier alpha value is -0.0800. The lowest BCUT2D eigenvalue weighted by Crippen LogP contribution is -2.43. The normalized spacial score (nSPS) is 17.2. The molecule has 0 aliphatic carbocycles. The fraction of sp³-hybridized carbons (Fsp3) is 0.941. The van der Waals surface area contributed by atoms with Crippen LogP contribution in [0, 0.1) is 11.8 Å². The molecule has 0 saturated carbocycles. The molecule has 1 saturated heterocycles. The third kappa shape index (κ3) is 11.2. The summed E-state index contributed by atoms with van der Waals surface area (Å²) in [7, 11) is 3.63. The molecule has 0 bridgehead atoms. The first-order valence-electron chi connectivity index (χ1n) is 8.81. The minimum atomic E-state index is 0. The lowest BCUT2D eigenvalue weighted by atomic mass is 9.97. The number of halogens is 1. The Balaban J connectivity index is 0.00000484. The van der Waals surface area contributed by atoms with Crippen molar-refractivity contribution in [3.8, 4) is 0 Å². The second-order valence-electron chi connectivity index (χ2n) is 6.69. The van der Waals surface area contributed by atoms with Gasteiger partial charge in [0.25, 0.3) is 0 Å². The van der Waals surface area contributed by atoms with Gasteiger partial charge in [0.1, 0.15) is 0 Å². The molecule has 0 unspecified atom stereocenters. The van der Waals surface area contributed by atoms with E-state index in [0.29, 0.717) is 0 Å². The zero-order chi connectivity index (χ0) is 16.2. The van der Waals surface area contributed by atoms with Gasteiger partial charge in [0.15, 0.2) is 5.96 Å². The summed E-state index contributed by atoms with van der Waals surface area (Å²) in [4.78, 5) is 6.81. The maximum absolute atomic E-state index is 5.15. The lowest BCUT2D eigenvalue weighted by Gasteiger charge is -2.32. The third-order valence-corrected chi connectivity index (χ3v) is 4.35. The first-order valence-corrected chi connectivity index (χ1v) is 8.81. The molecule has 0 aromatic carbocycles. The third-order valence-electron chi connectivity index (χ3n) is 4.35. The maximum Gasteiger partial charge on any atom is 0.190 e. The zero-order valence-electron chi connectivity index (χ0n) is 15.4. The standard InChI is InChI=1S/C17H36N4O.HI/c1-15(2)6-5-9-19-17(18-3)20-14-16-7-10-21(11-8-16)12-13-22-4;/h15-16H,5-14H2,1-4H3,(H2,18,19,20);1H. The molecular weight excluding hydrogens is 403 g/mol. The van der Waals surface area contributed by atoms with Crippen molar-refractivity contribution < 1.29 is 4.74 Å². The quantitative estimate of drug-likeness (QED) is 0.251. The molecular formula is C17H37IN4O. The van der Waals surface area contributed by atoms with Crippen molar-refractivity contribution in [1.82, 2.24) is 15.5 Å². The number of aliphatic imine (C=N–C) groups is 1. The fourth-order valence-corrected chi connectivity index (χ4v) is 2.81. The average molecular weight is 440 g/mol. The van der Waals surface area contributed by atoms with E-state index < -0.39 is 0 Å². The summed E-state index contributed by atoms with van der Waals surface area (Å²) in [5.74, 6) is 2.48. The van der Waals surface area contributed by atoms with Crippen molar-refractivity contribution in [3.63, 3.8) is 0 Å². The first kappa shape index (κ1) is 22.9. The van der Waals surface area contributed by atoms with E-state index in [1.807, 2.05) is 7.05 Å². The molecule has 0 amide bonds.